The topological polar surface area (TPSA) is 90.7 Å². The van der Waals surface area contributed by atoms with E-state index in [0.29, 0.717) is 29.4 Å². The fraction of sp³-hybridized carbons (Fsp3) is 0.312. The summed E-state index contributed by atoms with van der Waals surface area (Å²) in [6.45, 7) is 5.63. The largest absolute Gasteiger partial charge is 0.573 e. The highest BCUT2D eigenvalue weighted by molar-refractivity contribution is 7.91. The molecule has 0 radical (unpaired) electrons. The van der Waals surface area contributed by atoms with Crippen LogP contribution < -0.4 is 9.47 Å². The van der Waals surface area contributed by atoms with Crippen molar-refractivity contribution in [2.24, 2.45) is 0 Å². The van der Waals surface area contributed by atoms with Crippen molar-refractivity contribution in [1.29, 1.82) is 0 Å². The maximum absolute atomic E-state index is 13.8. The van der Waals surface area contributed by atoms with Gasteiger partial charge in [-0.2, -0.15) is 0 Å². The number of sulfone groups is 1. The molecule has 0 N–H and O–H groups in total. The number of nitrogens with zero attached hydrogens (tertiary/aromatic N) is 3. The number of ether oxygens (including phenoxy) is 2. The van der Waals surface area contributed by atoms with Crippen molar-refractivity contribution in [3.8, 4) is 28.4 Å². The maximum atomic E-state index is 13.8. The normalized spacial score (nSPS) is 12.5. The van der Waals surface area contributed by atoms with E-state index >= 15 is 0 Å². The molecule has 0 saturated heterocycles. The molecule has 0 bridgehead atoms. The van der Waals surface area contributed by atoms with E-state index < -0.39 is 33.9 Å². The van der Waals surface area contributed by atoms with Gasteiger partial charge in [-0.25, -0.2) is 13.4 Å². The minimum absolute atomic E-state index is 0.0803. The first-order chi connectivity index (χ1) is 20.9. The zero-order valence-corrected chi connectivity index (χ0v) is 25.4. The Bertz CT molecular complexity index is 1640. The predicted octanol–water partition coefficient (Wildman–Crippen LogP) is 6.40. The molecule has 0 fully saturated rings. The monoisotopic (exact) mass is 629 g/mol. The first-order valence-corrected chi connectivity index (χ1v) is 15.9. The van der Waals surface area contributed by atoms with E-state index in [-0.39, 0.29) is 24.5 Å². The smallest absolute Gasteiger partial charge is 0.494 e. The Morgan fingerprint density at radius 2 is 1.59 bits per heavy atom. The zero-order valence-electron chi connectivity index (χ0n) is 24.6. The van der Waals surface area contributed by atoms with Gasteiger partial charge in [0.05, 0.1) is 30.5 Å². The molecule has 0 aliphatic rings. The first-order valence-electron chi connectivity index (χ1n) is 14.1. The molecule has 1 aromatic heterocycles. The van der Waals surface area contributed by atoms with Gasteiger partial charge in [-0.1, -0.05) is 49.4 Å². The Kier molecular flexibility index (Phi) is 10.4. The molecule has 1 heterocycles. The zero-order chi connectivity index (χ0) is 31.9. The first kappa shape index (κ1) is 32.6. The summed E-state index contributed by atoms with van der Waals surface area (Å²) in [6.07, 6.45) is -3.14. The van der Waals surface area contributed by atoms with Gasteiger partial charge < -0.3 is 18.9 Å². The third-order valence-electron chi connectivity index (χ3n) is 6.99. The highest BCUT2D eigenvalue weighted by Crippen LogP contribution is 2.30. The van der Waals surface area contributed by atoms with Crippen LogP contribution in [0.25, 0.3) is 16.9 Å². The van der Waals surface area contributed by atoms with Gasteiger partial charge in [0.25, 0.3) is 0 Å². The molecule has 3 aromatic carbocycles. The van der Waals surface area contributed by atoms with Gasteiger partial charge >= 0.3 is 6.36 Å². The van der Waals surface area contributed by atoms with Crippen molar-refractivity contribution >= 4 is 15.7 Å². The van der Waals surface area contributed by atoms with E-state index in [9.17, 15) is 26.4 Å². The van der Waals surface area contributed by atoms with E-state index in [1.165, 1.54) is 17.0 Å². The van der Waals surface area contributed by atoms with Crippen LogP contribution in [0.5, 0.6) is 11.5 Å². The molecule has 0 saturated carbocycles. The van der Waals surface area contributed by atoms with Crippen LogP contribution in [0.15, 0.2) is 85.1 Å². The quantitative estimate of drug-likeness (QED) is 0.170. The molecule has 0 aliphatic carbocycles. The lowest BCUT2D eigenvalue weighted by atomic mass is 10.1. The third kappa shape index (κ3) is 8.62. The molecule has 1 amide bonds. The lowest BCUT2D eigenvalue weighted by Gasteiger charge is -2.29. The van der Waals surface area contributed by atoms with Crippen molar-refractivity contribution in [2.45, 2.75) is 39.6 Å². The standard InChI is InChI=1S/C32H34F3N3O5S/c1-4-42-27-17-13-26(14-18-27)38-22-29(25-9-7-6-8-10-25)36-31(38)23(3)37(19-20-44(40,41)5-2)30(39)21-24-11-15-28(16-12-24)43-32(33,34)35/h6-18,22-23H,4-5,19-21H2,1-3H3/t23-/m1/s1. The number of aromatic nitrogens is 2. The number of hydrogen-bond donors (Lipinski definition) is 0. The fourth-order valence-corrected chi connectivity index (χ4v) is 5.42. The van der Waals surface area contributed by atoms with Crippen LogP contribution in [0.4, 0.5) is 13.2 Å². The minimum atomic E-state index is -4.84. The molecule has 234 valence electrons. The number of imidazole rings is 1. The van der Waals surface area contributed by atoms with Gasteiger partial charge in [-0.05, 0) is 55.8 Å². The molecular weight excluding hydrogens is 595 g/mol. The summed E-state index contributed by atoms with van der Waals surface area (Å²) in [4.78, 5) is 20.1. The Hall–Kier alpha value is -4.32. The Balaban J connectivity index is 1.70. The van der Waals surface area contributed by atoms with E-state index in [0.717, 1.165) is 23.4 Å². The van der Waals surface area contributed by atoms with Crippen molar-refractivity contribution < 1.29 is 35.9 Å². The average molecular weight is 630 g/mol. The molecule has 44 heavy (non-hydrogen) atoms. The van der Waals surface area contributed by atoms with Crippen molar-refractivity contribution in [1.82, 2.24) is 14.5 Å². The average Bonchev–Trinajstić information content (AvgIpc) is 3.44. The summed E-state index contributed by atoms with van der Waals surface area (Å²) in [5, 5.41) is 0. The highest BCUT2D eigenvalue weighted by atomic mass is 32.2. The summed E-state index contributed by atoms with van der Waals surface area (Å²) in [7, 11) is -3.43. The Labute approximate surface area is 255 Å². The summed E-state index contributed by atoms with van der Waals surface area (Å²) < 4.78 is 74.1. The number of rotatable bonds is 13. The highest BCUT2D eigenvalue weighted by Gasteiger charge is 2.31. The number of benzene rings is 3. The SMILES string of the molecule is CCOc1ccc(-n2cc(-c3ccccc3)nc2[C@@H](C)N(CCS(=O)(=O)CC)C(=O)Cc2ccc(OC(F)(F)F)cc2)cc1. The maximum Gasteiger partial charge on any atom is 0.573 e. The summed E-state index contributed by atoms with van der Waals surface area (Å²) in [5.41, 5.74) is 2.73. The van der Waals surface area contributed by atoms with Gasteiger partial charge in [0.15, 0.2) is 9.84 Å². The number of amides is 1. The molecular formula is C32H34F3N3O5S. The minimum Gasteiger partial charge on any atom is -0.494 e. The number of carbonyl (C=O) groups is 1. The number of hydrogen-bond acceptors (Lipinski definition) is 6. The third-order valence-corrected chi connectivity index (χ3v) is 8.67. The van der Waals surface area contributed by atoms with E-state index in [1.807, 2.05) is 72.3 Å². The molecule has 0 unspecified atom stereocenters. The van der Waals surface area contributed by atoms with E-state index in [4.69, 9.17) is 9.72 Å². The van der Waals surface area contributed by atoms with Gasteiger partial charge in [0.1, 0.15) is 17.3 Å². The molecule has 1 atom stereocenters. The molecule has 0 spiro atoms. The van der Waals surface area contributed by atoms with Gasteiger partial charge in [0.2, 0.25) is 5.91 Å². The van der Waals surface area contributed by atoms with Crippen molar-refractivity contribution in [3.05, 3.63) is 96.4 Å². The van der Waals surface area contributed by atoms with Gasteiger partial charge in [0, 0.05) is 29.7 Å². The van der Waals surface area contributed by atoms with Crippen molar-refractivity contribution in [3.63, 3.8) is 0 Å². The summed E-state index contributed by atoms with van der Waals surface area (Å²) >= 11 is 0. The molecule has 8 nitrogen and oxygen atoms in total. The second-order valence-electron chi connectivity index (χ2n) is 10.0. The lowest BCUT2D eigenvalue weighted by molar-refractivity contribution is -0.274. The molecule has 4 rings (SSSR count). The lowest BCUT2D eigenvalue weighted by Crippen LogP contribution is -2.39. The van der Waals surface area contributed by atoms with Crippen LogP contribution >= 0.6 is 0 Å². The molecule has 0 aliphatic heterocycles. The van der Waals surface area contributed by atoms with E-state index in [2.05, 4.69) is 4.74 Å². The van der Waals surface area contributed by atoms with Crippen LogP contribution in [0, 0.1) is 0 Å². The van der Waals surface area contributed by atoms with Crippen LogP contribution in [0.2, 0.25) is 0 Å². The molecule has 4 aromatic rings. The Morgan fingerprint density at radius 1 is 0.955 bits per heavy atom. The van der Waals surface area contributed by atoms with E-state index in [1.54, 1.807) is 13.8 Å². The number of alkyl halides is 3. The predicted molar refractivity (Wildman–Crippen MR) is 161 cm³/mol. The fourth-order valence-electron chi connectivity index (χ4n) is 4.65. The van der Waals surface area contributed by atoms with Gasteiger partial charge in [-0.15, -0.1) is 13.2 Å². The molecule has 12 heteroatoms. The van der Waals surface area contributed by atoms with Gasteiger partial charge in [-0.3, -0.25) is 4.79 Å². The van der Waals surface area contributed by atoms with Crippen LogP contribution in [0.1, 0.15) is 38.2 Å². The van der Waals surface area contributed by atoms with Crippen LogP contribution in [-0.4, -0.2) is 59.8 Å². The second kappa shape index (κ2) is 14.0. The summed E-state index contributed by atoms with van der Waals surface area (Å²) in [6, 6.07) is 21.3. The van der Waals surface area contributed by atoms with Crippen LogP contribution in [-0.2, 0) is 21.1 Å². The second-order valence-corrected chi connectivity index (χ2v) is 12.5. The summed E-state index contributed by atoms with van der Waals surface area (Å²) in [5.74, 6) is 0.0530. The Morgan fingerprint density at radius 3 is 2.18 bits per heavy atom. The number of carbonyl (C=O) groups excluding carboxylic acids is 1. The van der Waals surface area contributed by atoms with Crippen LogP contribution in [0.3, 0.4) is 0 Å². The number of halogens is 3. The van der Waals surface area contributed by atoms with Crippen molar-refractivity contribution in [2.75, 3.05) is 24.7 Å².